The van der Waals surface area contributed by atoms with Crippen molar-refractivity contribution in [1.82, 2.24) is 0 Å². The molecule has 0 saturated carbocycles. The first-order valence-electron chi connectivity index (χ1n) is 3.80. The summed E-state index contributed by atoms with van der Waals surface area (Å²) in [7, 11) is 0.665. The Labute approximate surface area is 65.8 Å². The van der Waals surface area contributed by atoms with Crippen molar-refractivity contribution in [2.45, 2.75) is 38.9 Å². The van der Waals surface area contributed by atoms with Gasteiger partial charge in [-0.2, -0.15) is 0 Å². The Bertz CT molecular complexity index is 102. The van der Waals surface area contributed by atoms with Crippen LogP contribution in [0.2, 0.25) is 18.1 Å². The number of methoxy groups -OCH3 is 1. The summed E-state index contributed by atoms with van der Waals surface area (Å²) in [6.45, 7) is 11.7. The molecule has 0 atom stereocenters. The lowest BCUT2D eigenvalue weighted by molar-refractivity contribution is 0.242. The number of hydrogen-bond acceptors (Lipinski definition) is 1. The quantitative estimate of drug-likeness (QED) is 0.564. The maximum Gasteiger partial charge on any atom is 0.0829 e. The fourth-order valence-corrected chi connectivity index (χ4v) is 1.73. The van der Waals surface area contributed by atoms with Crippen LogP contribution in [0.25, 0.3) is 0 Å². The third-order valence-corrected chi connectivity index (χ3v) is 7.61. The van der Waals surface area contributed by atoms with E-state index in [0.717, 1.165) is 6.23 Å². The third kappa shape index (κ3) is 2.43. The second kappa shape index (κ2) is 3.05. The molecule has 0 heterocycles. The lowest BCUT2D eigenvalue weighted by atomic mass is 10.2. The van der Waals surface area contributed by atoms with E-state index in [2.05, 4.69) is 33.9 Å². The van der Waals surface area contributed by atoms with Crippen molar-refractivity contribution in [2.24, 2.45) is 0 Å². The molecular weight excluding hydrogens is 140 g/mol. The molecule has 0 aliphatic carbocycles. The molecule has 0 aromatic heterocycles. The van der Waals surface area contributed by atoms with E-state index in [-0.39, 0.29) is 0 Å². The van der Waals surface area contributed by atoms with Gasteiger partial charge < -0.3 is 4.74 Å². The largest absolute Gasteiger partial charge is 0.388 e. The van der Waals surface area contributed by atoms with E-state index in [1.165, 1.54) is 0 Å². The average molecular weight is 160 g/mol. The van der Waals surface area contributed by atoms with Crippen LogP contribution in [0.4, 0.5) is 0 Å². The maximum atomic E-state index is 5.19. The molecule has 0 bridgehead atoms. The first-order valence-corrected chi connectivity index (χ1v) is 7.01. The zero-order valence-corrected chi connectivity index (χ0v) is 9.12. The lowest BCUT2D eigenvalue weighted by Gasteiger charge is -2.35. The molecule has 0 aliphatic heterocycles. The van der Waals surface area contributed by atoms with Gasteiger partial charge in [0, 0.05) is 13.3 Å². The second-order valence-electron chi connectivity index (χ2n) is 4.57. The molecule has 0 amide bonds. The third-order valence-electron chi connectivity index (χ3n) is 2.54. The van der Waals surface area contributed by atoms with Crippen LogP contribution in [0.15, 0.2) is 0 Å². The first kappa shape index (κ1) is 10.2. The van der Waals surface area contributed by atoms with E-state index in [1.54, 1.807) is 7.11 Å². The molecule has 0 spiro atoms. The Morgan fingerprint density at radius 3 is 1.70 bits per heavy atom. The normalized spacial score (nSPS) is 13.8. The molecule has 10 heavy (non-hydrogen) atoms. The molecule has 0 aromatic rings. The monoisotopic (exact) mass is 160 g/mol. The van der Waals surface area contributed by atoms with Crippen LogP contribution in [0.1, 0.15) is 20.8 Å². The van der Waals surface area contributed by atoms with Crippen molar-refractivity contribution in [3.8, 4) is 0 Å². The van der Waals surface area contributed by atoms with Gasteiger partial charge >= 0.3 is 0 Å². The Kier molecular flexibility index (Phi) is 3.11. The number of ether oxygens (including phenoxy) is 1. The topological polar surface area (TPSA) is 9.23 Å². The highest BCUT2D eigenvalue weighted by Crippen LogP contribution is 2.35. The molecule has 62 valence electrons. The van der Waals surface area contributed by atoms with Gasteiger partial charge in [0.1, 0.15) is 0 Å². The predicted octanol–water partition coefficient (Wildman–Crippen LogP) is 2.68. The van der Waals surface area contributed by atoms with Crippen LogP contribution < -0.4 is 0 Å². The van der Waals surface area contributed by atoms with Gasteiger partial charge in [-0.05, 0) is 5.04 Å². The van der Waals surface area contributed by atoms with Gasteiger partial charge in [-0.3, -0.25) is 0 Å². The molecule has 0 N–H and O–H groups in total. The molecule has 0 rings (SSSR count). The van der Waals surface area contributed by atoms with Crippen molar-refractivity contribution < 1.29 is 4.74 Å². The van der Waals surface area contributed by atoms with E-state index in [9.17, 15) is 0 Å². The van der Waals surface area contributed by atoms with Crippen molar-refractivity contribution in [3.05, 3.63) is 0 Å². The van der Waals surface area contributed by atoms with E-state index >= 15 is 0 Å². The first-order chi connectivity index (χ1) is 4.31. The van der Waals surface area contributed by atoms with Crippen molar-refractivity contribution in [1.29, 1.82) is 0 Å². The highest BCUT2D eigenvalue weighted by molar-refractivity contribution is 6.80. The summed E-state index contributed by atoms with van der Waals surface area (Å²) in [6.07, 6.45) is 0.969. The summed E-state index contributed by atoms with van der Waals surface area (Å²) in [5.74, 6) is 0. The molecule has 2 heteroatoms. The van der Waals surface area contributed by atoms with E-state index in [1.807, 2.05) is 0 Å². The molecule has 0 unspecified atom stereocenters. The zero-order chi connectivity index (χ0) is 8.41. The summed E-state index contributed by atoms with van der Waals surface area (Å²) in [5.41, 5.74) is 0. The van der Waals surface area contributed by atoms with Gasteiger partial charge in [-0.1, -0.05) is 33.9 Å². The van der Waals surface area contributed by atoms with Gasteiger partial charge in [-0.25, -0.2) is 0 Å². The van der Waals surface area contributed by atoms with Gasteiger partial charge in [0.2, 0.25) is 0 Å². The summed E-state index contributed by atoms with van der Waals surface area (Å²) in [5, 5.41) is 0.461. The molecule has 0 saturated heterocycles. The SMILES string of the molecule is COC[Si](C)(C)C(C)(C)C. The molecule has 1 nitrogen and oxygen atoms in total. The highest BCUT2D eigenvalue weighted by atomic mass is 28.3. The second-order valence-corrected chi connectivity index (χ2v) is 10.1. The number of hydrogen-bond donors (Lipinski definition) is 0. The zero-order valence-electron chi connectivity index (χ0n) is 8.12. The summed E-state index contributed by atoms with van der Waals surface area (Å²) < 4.78 is 5.19. The molecule has 0 fully saturated rings. The van der Waals surface area contributed by atoms with Gasteiger partial charge in [0.25, 0.3) is 0 Å². The van der Waals surface area contributed by atoms with Crippen LogP contribution in [0.5, 0.6) is 0 Å². The summed E-state index contributed by atoms with van der Waals surface area (Å²) >= 11 is 0. The minimum atomic E-state index is -1.13. The van der Waals surface area contributed by atoms with Crippen molar-refractivity contribution in [3.63, 3.8) is 0 Å². The molecule has 0 aromatic carbocycles. The van der Waals surface area contributed by atoms with E-state index in [4.69, 9.17) is 4.74 Å². The Morgan fingerprint density at radius 1 is 1.20 bits per heavy atom. The van der Waals surface area contributed by atoms with Crippen molar-refractivity contribution in [2.75, 3.05) is 13.3 Å². The minimum absolute atomic E-state index is 0.461. The lowest BCUT2D eigenvalue weighted by Crippen LogP contribution is -2.42. The smallest absolute Gasteiger partial charge is 0.0829 e. The van der Waals surface area contributed by atoms with Gasteiger partial charge in [0.05, 0.1) is 8.07 Å². The summed E-state index contributed by atoms with van der Waals surface area (Å²) in [6, 6.07) is 0. The minimum Gasteiger partial charge on any atom is -0.388 e. The average Bonchev–Trinajstić information content (AvgIpc) is 1.61. The predicted molar refractivity (Wildman–Crippen MR) is 49.1 cm³/mol. The van der Waals surface area contributed by atoms with Gasteiger partial charge in [0.15, 0.2) is 0 Å². The molecule has 0 radical (unpaired) electrons. The Hall–Kier alpha value is 0.177. The fourth-order valence-electron chi connectivity index (χ4n) is 0.577. The van der Waals surface area contributed by atoms with Crippen LogP contribution in [0, 0.1) is 0 Å². The molecular formula is C8H20OSi. The number of rotatable bonds is 2. The van der Waals surface area contributed by atoms with E-state index < -0.39 is 8.07 Å². The Morgan fingerprint density at radius 2 is 1.60 bits per heavy atom. The van der Waals surface area contributed by atoms with E-state index in [0.29, 0.717) is 5.04 Å². The van der Waals surface area contributed by atoms with Crippen LogP contribution in [-0.2, 0) is 4.74 Å². The standard InChI is InChI=1S/C8H20OSi/c1-8(2,3)10(5,6)7-9-4/h7H2,1-6H3. The summed E-state index contributed by atoms with van der Waals surface area (Å²) in [4.78, 5) is 0. The highest BCUT2D eigenvalue weighted by Gasteiger charge is 2.34. The van der Waals surface area contributed by atoms with Crippen LogP contribution in [-0.4, -0.2) is 21.4 Å². The van der Waals surface area contributed by atoms with Crippen LogP contribution in [0.3, 0.4) is 0 Å². The maximum absolute atomic E-state index is 5.19. The fraction of sp³-hybridized carbons (Fsp3) is 1.00. The van der Waals surface area contributed by atoms with Crippen LogP contribution >= 0.6 is 0 Å². The molecule has 0 aliphatic rings. The van der Waals surface area contributed by atoms with Crippen molar-refractivity contribution >= 4 is 8.07 Å². The Balaban J connectivity index is 4.10. The van der Waals surface area contributed by atoms with Gasteiger partial charge in [-0.15, -0.1) is 0 Å².